The van der Waals surface area contributed by atoms with Crippen LogP contribution < -0.4 is 5.32 Å². The molecule has 0 aromatic carbocycles. The van der Waals surface area contributed by atoms with Crippen LogP contribution in [0.3, 0.4) is 0 Å². The van der Waals surface area contributed by atoms with Crippen LogP contribution in [0.4, 0.5) is 0 Å². The molecule has 0 saturated carbocycles. The summed E-state index contributed by atoms with van der Waals surface area (Å²) in [6.07, 6.45) is 2.09. The van der Waals surface area contributed by atoms with Crippen LogP contribution in [0.15, 0.2) is 10.7 Å². The zero-order valence-corrected chi connectivity index (χ0v) is 10.8. The van der Waals surface area contributed by atoms with Crippen molar-refractivity contribution < 1.29 is 19.2 Å². The van der Waals surface area contributed by atoms with E-state index in [4.69, 9.17) is 14.4 Å². The van der Waals surface area contributed by atoms with Crippen LogP contribution >= 0.6 is 0 Å². The molecular formula is C12H20N2O4. The van der Waals surface area contributed by atoms with Gasteiger partial charge in [-0.2, -0.15) is 0 Å². The molecule has 0 spiro atoms. The molecule has 6 nitrogen and oxygen atoms in total. The normalized spacial score (nSPS) is 11.1. The van der Waals surface area contributed by atoms with E-state index in [0.717, 1.165) is 19.6 Å². The van der Waals surface area contributed by atoms with Crippen LogP contribution in [0.2, 0.25) is 0 Å². The number of carboxylic acid groups (broad SMARTS) is 1. The van der Waals surface area contributed by atoms with Gasteiger partial charge in [-0.15, -0.1) is 0 Å². The lowest BCUT2D eigenvalue weighted by atomic mass is 10.2. The number of rotatable bonds is 9. The third-order valence-electron chi connectivity index (χ3n) is 2.25. The van der Waals surface area contributed by atoms with Crippen molar-refractivity contribution in [3.8, 4) is 0 Å². The Morgan fingerprint density at radius 2 is 2.39 bits per heavy atom. The summed E-state index contributed by atoms with van der Waals surface area (Å²) in [5.74, 6) is -0.121. The van der Waals surface area contributed by atoms with Gasteiger partial charge in [-0.1, -0.05) is 19.0 Å². The Labute approximate surface area is 106 Å². The largest absolute Gasteiger partial charge is 0.478 e. The van der Waals surface area contributed by atoms with Gasteiger partial charge in [0, 0.05) is 13.2 Å². The maximum atomic E-state index is 10.8. The summed E-state index contributed by atoms with van der Waals surface area (Å²) in [6.45, 7) is 6.80. The molecule has 1 aromatic heterocycles. The van der Waals surface area contributed by atoms with Crippen molar-refractivity contribution in [1.29, 1.82) is 0 Å². The molecule has 0 bridgehead atoms. The Balaban J connectivity index is 2.11. The van der Waals surface area contributed by atoms with E-state index in [0.29, 0.717) is 24.8 Å². The van der Waals surface area contributed by atoms with Crippen LogP contribution in [-0.2, 0) is 11.3 Å². The Morgan fingerprint density at radius 1 is 1.61 bits per heavy atom. The van der Waals surface area contributed by atoms with Crippen LogP contribution in [0.25, 0.3) is 0 Å². The Morgan fingerprint density at radius 3 is 3.06 bits per heavy atom. The number of nitrogens with one attached hydrogen (secondary N) is 1. The van der Waals surface area contributed by atoms with Crippen LogP contribution in [-0.4, -0.2) is 36.0 Å². The highest BCUT2D eigenvalue weighted by Crippen LogP contribution is 2.07. The fourth-order valence-electron chi connectivity index (χ4n) is 1.39. The first-order chi connectivity index (χ1) is 8.61. The highest BCUT2D eigenvalue weighted by Gasteiger charge is 2.13. The number of hydrogen-bond donors (Lipinski definition) is 2. The van der Waals surface area contributed by atoms with Gasteiger partial charge < -0.3 is 19.7 Å². The van der Waals surface area contributed by atoms with Gasteiger partial charge in [-0.05, 0) is 18.9 Å². The lowest BCUT2D eigenvalue weighted by molar-refractivity contribution is 0.0694. The average Bonchev–Trinajstić information content (AvgIpc) is 2.75. The van der Waals surface area contributed by atoms with E-state index in [2.05, 4.69) is 24.3 Å². The number of aromatic nitrogens is 1. The molecule has 0 aliphatic heterocycles. The average molecular weight is 256 g/mol. The topological polar surface area (TPSA) is 84.6 Å². The number of nitrogens with zero attached hydrogens (tertiary/aromatic N) is 1. The second-order valence-electron chi connectivity index (χ2n) is 4.47. The van der Waals surface area contributed by atoms with Gasteiger partial charge in [0.1, 0.15) is 5.56 Å². The predicted molar refractivity (Wildman–Crippen MR) is 65.4 cm³/mol. The van der Waals surface area contributed by atoms with Gasteiger partial charge >= 0.3 is 5.97 Å². The second kappa shape index (κ2) is 7.84. The molecule has 18 heavy (non-hydrogen) atoms. The van der Waals surface area contributed by atoms with E-state index in [1.807, 2.05) is 0 Å². The quantitative estimate of drug-likeness (QED) is 0.652. The minimum atomic E-state index is -1.02. The van der Waals surface area contributed by atoms with E-state index in [1.165, 1.54) is 6.20 Å². The molecule has 0 saturated heterocycles. The first kappa shape index (κ1) is 14.7. The lowest BCUT2D eigenvalue weighted by Crippen LogP contribution is -2.18. The molecule has 0 aliphatic rings. The van der Waals surface area contributed by atoms with Gasteiger partial charge in [0.25, 0.3) is 0 Å². The minimum Gasteiger partial charge on any atom is -0.478 e. The molecule has 0 atom stereocenters. The molecule has 2 N–H and O–H groups in total. The SMILES string of the molecule is CC(C)COCCCNCc1oncc1C(=O)O. The Hall–Kier alpha value is -1.40. The summed E-state index contributed by atoms with van der Waals surface area (Å²) in [4.78, 5) is 10.8. The van der Waals surface area contributed by atoms with Crippen molar-refractivity contribution >= 4 is 5.97 Å². The first-order valence-corrected chi connectivity index (χ1v) is 6.06. The standard InChI is InChI=1S/C12H20N2O4/c1-9(2)8-17-5-3-4-13-7-11-10(12(15)16)6-14-18-11/h6,9,13H,3-5,7-8H2,1-2H3,(H,15,16). The van der Waals surface area contributed by atoms with Gasteiger partial charge in [-0.3, -0.25) is 0 Å². The molecule has 0 aliphatic carbocycles. The van der Waals surface area contributed by atoms with Crippen LogP contribution in [0.1, 0.15) is 36.4 Å². The summed E-state index contributed by atoms with van der Waals surface area (Å²) in [7, 11) is 0. The number of ether oxygens (including phenoxy) is 1. The number of aromatic carboxylic acids is 1. The molecule has 0 unspecified atom stereocenters. The van der Waals surface area contributed by atoms with Crippen molar-refractivity contribution in [3.05, 3.63) is 17.5 Å². The van der Waals surface area contributed by atoms with Crippen LogP contribution in [0, 0.1) is 5.92 Å². The monoisotopic (exact) mass is 256 g/mol. The molecule has 1 aromatic rings. The molecular weight excluding hydrogens is 236 g/mol. The maximum Gasteiger partial charge on any atom is 0.341 e. The maximum absolute atomic E-state index is 10.8. The molecule has 6 heteroatoms. The molecule has 0 radical (unpaired) electrons. The van der Waals surface area contributed by atoms with Gasteiger partial charge in [0.05, 0.1) is 12.7 Å². The molecule has 102 valence electrons. The first-order valence-electron chi connectivity index (χ1n) is 6.06. The highest BCUT2D eigenvalue weighted by atomic mass is 16.5. The number of hydrogen-bond acceptors (Lipinski definition) is 5. The van der Waals surface area contributed by atoms with Crippen molar-refractivity contribution in [2.24, 2.45) is 5.92 Å². The zero-order valence-electron chi connectivity index (χ0n) is 10.8. The smallest absolute Gasteiger partial charge is 0.341 e. The van der Waals surface area contributed by atoms with E-state index in [1.54, 1.807) is 0 Å². The van der Waals surface area contributed by atoms with Crippen molar-refractivity contribution in [3.63, 3.8) is 0 Å². The van der Waals surface area contributed by atoms with Gasteiger partial charge in [0.15, 0.2) is 5.76 Å². The lowest BCUT2D eigenvalue weighted by Gasteiger charge is -2.07. The molecule has 0 amide bonds. The van der Waals surface area contributed by atoms with E-state index >= 15 is 0 Å². The zero-order chi connectivity index (χ0) is 13.4. The summed E-state index contributed by atoms with van der Waals surface area (Å²) in [5.41, 5.74) is 0.110. The third-order valence-corrected chi connectivity index (χ3v) is 2.25. The Bertz CT molecular complexity index is 363. The number of carboxylic acids is 1. The van der Waals surface area contributed by atoms with E-state index in [-0.39, 0.29) is 5.56 Å². The predicted octanol–water partition coefficient (Wildman–Crippen LogP) is 1.53. The van der Waals surface area contributed by atoms with Crippen molar-refractivity contribution in [2.45, 2.75) is 26.8 Å². The summed E-state index contributed by atoms with van der Waals surface area (Å²) in [5, 5.41) is 15.4. The van der Waals surface area contributed by atoms with Gasteiger partial charge in [0.2, 0.25) is 0 Å². The fraction of sp³-hybridized carbons (Fsp3) is 0.667. The second-order valence-corrected chi connectivity index (χ2v) is 4.47. The summed E-state index contributed by atoms with van der Waals surface area (Å²) in [6, 6.07) is 0. The molecule has 1 heterocycles. The highest BCUT2D eigenvalue weighted by molar-refractivity contribution is 5.88. The molecule has 0 fully saturated rings. The summed E-state index contributed by atoms with van der Waals surface area (Å²) >= 11 is 0. The van der Waals surface area contributed by atoms with E-state index < -0.39 is 5.97 Å². The van der Waals surface area contributed by atoms with Gasteiger partial charge in [-0.25, -0.2) is 4.79 Å². The number of carbonyl (C=O) groups is 1. The minimum absolute atomic E-state index is 0.110. The molecule has 1 rings (SSSR count). The van der Waals surface area contributed by atoms with E-state index in [9.17, 15) is 4.79 Å². The van der Waals surface area contributed by atoms with Crippen molar-refractivity contribution in [1.82, 2.24) is 10.5 Å². The Kier molecular flexibility index (Phi) is 6.38. The third kappa shape index (κ3) is 5.29. The van der Waals surface area contributed by atoms with Crippen molar-refractivity contribution in [2.75, 3.05) is 19.8 Å². The fourth-order valence-corrected chi connectivity index (χ4v) is 1.39. The summed E-state index contributed by atoms with van der Waals surface area (Å²) < 4.78 is 10.3. The van der Waals surface area contributed by atoms with Crippen LogP contribution in [0.5, 0.6) is 0 Å².